The second-order valence-electron chi connectivity index (χ2n) is 4.17. The first-order chi connectivity index (χ1) is 7.68. The summed E-state index contributed by atoms with van der Waals surface area (Å²) in [5.74, 6) is -0.296. The van der Waals surface area contributed by atoms with E-state index in [0.29, 0.717) is 4.59 Å². The van der Waals surface area contributed by atoms with E-state index in [0.717, 1.165) is 18.8 Å². The predicted molar refractivity (Wildman–Crippen MR) is 66.3 cm³/mol. The van der Waals surface area contributed by atoms with Crippen LogP contribution in [-0.2, 0) is 0 Å². The van der Waals surface area contributed by atoms with Crippen molar-refractivity contribution in [1.82, 2.24) is 15.0 Å². The van der Waals surface area contributed by atoms with Gasteiger partial charge in [-0.25, -0.2) is 14.0 Å². The first-order valence-electron chi connectivity index (χ1n) is 5.56. The van der Waals surface area contributed by atoms with Gasteiger partial charge in [-0.1, -0.05) is 0 Å². The third kappa shape index (κ3) is 2.12. The number of nitrogens with zero attached hydrogens (tertiary/aromatic N) is 2. The van der Waals surface area contributed by atoms with Gasteiger partial charge in [0.1, 0.15) is 17.7 Å². The Morgan fingerprint density at radius 3 is 2.62 bits per heavy atom. The van der Waals surface area contributed by atoms with Gasteiger partial charge in [0.05, 0.1) is 6.20 Å². The van der Waals surface area contributed by atoms with Gasteiger partial charge in [0.25, 0.3) is 0 Å². The number of aromatic nitrogens is 1. The van der Waals surface area contributed by atoms with Gasteiger partial charge in [0, 0.05) is 13.1 Å². The lowest BCUT2D eigenvalue weighted by Gasteiger charge is -2.38. The molecule has 2 heterocycles. The summed E-state index contributed by atoms with van der Waals surface area (Å²) in [5, 5.41) is 0. The van der Waals surface area contributed by atoms with Crippen LogP contribution in [-0.4, -0.2) is 25.1 Å². The molecule has 0 amide bonds. The first-order valence-corrected chi connectivity index (χ1v) is 6.35. The molecular formula is C11H16BrFN3+. The van der Waals surface area contributed by atoms with E-state index in [1.807, 2.05) is 7.05 Å². The molecule has 16 heavy (non-hydrogen) atoms. The number of halogens is 2. The third-order valence-electron chi connectivity index (χ3n) is 3.28. The molecule has 0 unspecified atom stereocenters. The van der Waals surface area contributed by atoms with Gasteiger partial charge in [-0.15, -0.1) is 0 Å². The fraction of sp³-hybridized carbons (Fsp3) is 0.545. The van der Waals surface area contributed by atoms with Crippen LogP contribution in [0.25, 0.3) is 0 Å². The third-order valence-corrected chi connectivity index (χ3v) is 3.87. The maximum absolute atomic E-state index is 13.5. The number of rotatable bonds is 2. The highest BCUT2D eigenvalue weighted by Gasteiger charge is 2.32. The Morgan fingerprint density at radius 1 is 1.38 bits per heavy atom. The standard InChI is InChI=1S/C11H16BrFN3/c1-14-16(5-3-2-4-6-16)9-7-10(13)11(12)15-8-9/h7-8,14H,2-6H2,1H3/q+1. The monoisotopic (exact) mass is 288 g/mol. The molecular weight excluding hydrogens is 273 g/mol. The largest absolute Gasteiger partial charge is 0.240 e. The van der Waals surface area contributed by atoms with Crippen LogP contribution in [0.1, 0.15) is 19.3 Å². The summed E-state index contributed by atoms with van der Waals surface area (Å²) in [6, 6.07) is 1.57. The minimum atomic E-state index is -0.296. The molecule has 2 rings (SSSR count). The van der Waals surface area contributed by atoms with Gasteiger partial charge < -0.3 is 0 Å². The SMILES string of the molecule is CN[N+]1(c2cnc(Br)c(F)c2)CCCCC1. The predicted octanol–water partition coefficient (Wildman–Crippen LogP) is 2.61. The van der Waals surface area contributed by atoms with Crippen molar-refractivity contribution in [2.24, 2.45) is 0 Å². The van der Waals surface area contributed by atoms with Crippen LogP contribution in [0.3, 0.4) is 0 Å². The minimum Gasteiger partial charge on any atom is -0.240 e. The quantitative estimate of drug-likeness (QED) is 0.668. The molecule has 1 aliphatic heterocycles. The molecule has 3 nitrogen and oxygen atoms in total. The van der Waals surface area contributed by atoms with Crippen molar-refractivity contribution in [1.29, 1.82) is 0 Å². The van der Waals surface area contributed by atoms with Gasteiger partial charge >= 0.3 is 0 Å². The van der Waals surface area contributed by atoms with E-state index in [9.17, 15) is 4.39 Å². The van der Waals surface area contributed by atoms with E-state index in [1.165, 1.54) is 19.3 Å². The van der Waals surface area contributed by atoms with E-state index < -0.39 is 0 Å². The molecule has 0 atom stereocenters. The molecule has 5 heteroatoms. The van der Waals surface area contributed by atoms with Crippen LogP contribution >= 0.6 is 15.9 Å². The number of hydrogen-bond donors (Lipinski definition) is 1. The van der Waals surface area contributed by atoms with Crippen molar-refractivity contribution in [2.75, 3.05) is 20.1 Å². The molecule has 1 saturated heterocycles. The van der Waals surface area contributed by atoms with E-state index >= 15 is 0 Å². The lowest BCUT2D eigenvalue weighted by Crippen LogP contribution is -2.60. The lowest BCUT2D eigenvalue weighted by molar-refractivity contribution is 0.172. The summed E-state index contributed by atoms with van der Waals surface area (Å²) in [5.41, 5.74) is 4.20. The molecule has 1 N–H and O–H groups in total. The second kappa shape index (κ2) is 4.77. The fourth-order valence-corrected chi connectivity index (χ4v) is 2.52. The molecule has 0 spiro atoms. The highest BCUT2D eigenvalue weighted by Crippen LogP contribution is 2.27. The highest BCUT2D eigenvalue weighted by molar-refractivity contribution is 9.10. The highest BCUT2D eigenvalue weighted by atomic mass is 79.9. The Kier molecular flexibility index (Phi) is 3.56. The van der Waals surface area contributed by atoms with E-state index in [2.05, 4.69) is 26.3 Å². The maximum atomic E-state index is 13.5. The maximum Gasteiger partial charge on any atom is 0.173 e. The number of piperidine rings is 1. The van der Waals surface area contributed by atoms with Crippen molar-refractivity contribution < 1.29 is 4.39 Å². The molecule has 0 radical (unpaired) electrons. The molecule has 0 aromatic carbocycles. The van der Waals surface area contributed by atoms with Crippen molar-refractivity contribution in [3.05, 3.63) is 22.7 Å². The van der Waals surface area contributed by atoms with Crippen LogP contribution in [0.4, 0.5) is 10.1 Å². The molecule has 0 aliphatic carbocycles. The van der Waals surface area contributed by atoms with Gasteiger partial charge in [-0.05, 0) is 35.2 Å². The first kappa shape index (κ1) is 12.0. The molecule has 1 fully saturated rings. The minimum absolute atomic E-state index is 0.280. The van der Waals surface area contributed by atoms with Crippen LogP contribution in [0.15, 0.2) is 16.9 Å². The van der Waals surface area contributed by atoms with E-state index in [1.54, 1.807) is 12.3 Å². The normalized spacial score (nSPS) is 19.7. The van der Waals surface area contributed by atoms with Gasteiger partial charge in [0.15, 0.2) is 11.5 Å². The Bertz CT molecular complexity index is 377. The molecule has 1 aromatic rings. The number of quaternary nitrogens is 1. The van der Waals surface area contributed by atoms with Gasteiger partial charge in [0.2, 0.25) is 0 Å². The van der Waals surface area contributed by atoms with Crippen molar-refractivity contribution in [3.63, 3.8) is 0 Å². The fourth-order valence-electron chi connectivity index (χ4n) is 2.31. The van der Waals surface area contributed by atoms with Crippen molar-refractivity contribution in [2.45, 2.75) is 19.3 Å². The van der Waals surface area contributed by atoms with E-state index in [4.69, 9.17) is 0 Å². The topological polar surface area (TPSA) is 24.9 Å². The average Bonchev–Trinajstić information content (AvgIpc) is 2.33. The average molecular weight is 289 g/mol. The Balaban J connectivity index is 2.35. The zero-order valence-corrected chi connectivity index (χ0v) is 10.9. The smallest absolute Gasteiger partial charge is 0.173 e. The second-order valence-corrected chi connectivity index (χ2v) is 4.92. The van der Waals surface area contributed by atoms with Gasteiger partial charge in [-0.2, -0.15) is 5.43 Å². The molecule has 1 aliphatic rings. The van der Waals surface area contributed by atoms with Crippen LogP contribution < -0.4 is 10.0 Å². The Morgan fingerprint density at radius 2 is 2.06 bits per heavy atom. The van der Waals surface area contributed by atoms with Crippen LogP contribution in [0, 0.1) is 5.82 Å². The lowest BCUT2D eigenvalue weighted by atomic mass is 10.1. The summed E-state index contributed by atoms with van der Waals surface area (Å²) in [4.78, 5) is 4.03. The summed E-state index contributed by atoms with van der Waals surface area (Å²) in [6.07, 6.45) is 5.33. The Labute approximate surface area is 103 Å². The summed E-state index contributed by atoms with van der Waals surface area (Å²) in [6.45, 7) is 2.00. The van der Waals surface area contributed by atoms with Crippen LogP contribution in [0.2, 0.25) is 0 Å². The number of hydrogen-bond acceptors (Lipinski definition) is 2. The zero-order chi connectivity index (χ0) is 11.6. The summed E-state index contributed by atoms with van der Waals surface area (Å²) >= 11 is 3.08. The number of pyridine rings is 1. The Hall–Kier alpha value is -0.520. The summed E-state index contributed by atoms with van der Waals surface area (Å²) in [7, 11) is 1.92. The van der Waals surface area contributed by atoms with Crippen LogP contribution in [0.5, 0.6) is 0 Å². The molecule has 0 saturated carbocycles. The van der Waals surface area contributed by atoms with E-state index in [-0.39, 0.29) is 10.4 Å². The molecule has 1 aromatic heterocycles. The number of nitrogens with one attached hydrogen (secondary N) is 1. The van der Waals surface area contributed by atoms with Crippen molar-refractivity contribution >= 4 is 21.6 Å². The molecule has 0 bridgehead atoms. The van der Waals surface area contributed by atoms with Crippen molar-refractivity contribution in [3.8, 4) is 0 Å². The van der Waals surface area contributed by atoms with Gasteiger partial charge in [-0.3, -0.25) is 0 Å². The molecule has 88 valence electrons. The zero-order valence-electron chi connectivity index (χ0n) is 9.34. The summed E-state index contributed by atoms with van der Waals surface area (Å²) < 4.78 is 14.4.